The van der Waals surface area contributed by atoms with Gasteiger partial charge in [-0.1, -0.05) is 12.1 Å². The number of anilines is 1. The number of hydrogen-bond acceptors (Lipinski definition) is 4. The number of carboxylic acid groups (broad SMARTS) is 1. The third kappa shape index (κ3) is 6.85. The van der Waals surface area contributed by atoms with Gasteiger partial charge in [0.2, 0.25) is 0 Å². The Bertz CT molecular complexity index is 732. The molecule has 2 aromatic rings. The number of carbonyl (C=O) groups is 1. The minimum Gasteiger partial charge on any atom is -0.487 e. The Morgan fingerprint density at radius 1 is 1.19 bits per heavy atom. The average Bonchev–Trinajstić information content (AvgIpc) is 2.60. The summed E-state index contributed by atoms with van der Waals surface area (Å²) < 4.78 is 7.59. The van der Waals surface area contributed by atoms with Gasteiger partial charge in [-0.25, -0.2) is 0 Å². The van der Waals surface area contributed by atoms with Crippen molar-refractivity contribution in [3.63, 3.8) is 0 Å². The van der Waals surface area contributed by atoms with Crippen LogP contribution < -0.4 is 10.1 Å². The fraction of sp³-hybridized carbons (Fsp3) is 0.316. The number of hydrogen-bond donors (Lipinski definition) is 2. The highest BCUT2D eigenvalue weighted by Gasteiger charge is 2.10. The molecule has 0 aromatic heterocycles. The summed E-state index contributed by atoms with van der Waals surface area (Å²) in [6.07, 6.45) is 2.68. The standard InChI is InChI=1S/C19H21Br2NO3S/c1-26-8-7-22-15-4-2-3-14(9-15)12-25-19-16(20)10-13(11-17(19)21)5-6-18(23)24/h2-4,9-11,22H,5-8,12H2,1H3,(H,23,24). The molecule has 140 valence electrons. The highest BCUT2D eigenvalue weighted by Crippen LogP contribution is 2.35. The van der Waals surface area contributed by atoms with Crippen molar-refractivity contribution in [1.29, 1.82) is 0 Å². The average molecular weight is 503 g/mol. The Morgan fingerprint density at radius 2 is 1.92 bits per heavy atom. The SMILES string of the molecule is CSCCNc1cccc(COc2c(Br)cc(CCC(=O)O)cc2Br)c1. The van der Waals surface area contributed by atoms with Crippen LogP contribution >= 0.6 is 43.6 Å². The maximum Gasteiger partial charge on any atom is 0.303 e. The van der Waals surface area contributed by atoms with Crippen molar-refractivity contribution in [2.45, 2.75) is 19.4 Å². The lowest BCUT2D eigenvalue weighted by molar-refractivity contribution is -0.136. The summed E-state index contributed by atoms with van der Waals surface area (Å²) in [4.78, 5) is 10.7. The molecule has 7 heteroatoms. The lowest BCUT2D eigenvalue weighted by atomic mass is 10.1. The number of thioether (sulfide) groups is 1. The second kappa shape index (κ2) is 10.8. The van der Waals surface area contributed by atoms with E-state index in [-0.39, 0.29) is 6.42 Å². The van der Waals surface area contributed by atoms with Gasteiger partial charge in [0.05, 0.1) is 8.95 Å². The maximum atomic E-state index is 10.7. The van der Waals surface area contributed by atoms with Crippen LogP contribution in [0.5, 0.6) is 5.75 Å². The predicted octanol–water partition coefficient (Wildman–Crippen LogP) is 5.58. The molecule has 0 heterocycles. The molecule has 0 saturated carbocycles. The van der Waals surface area contributed by atoms with Crippen molar-refractivity contribution < 1.29 is 14.6 Å². The molecule has 2 aromatic carbocycles. The van der Waals surface area contributed by atoms with E-state index in [1.807, 2.05) is 42.1 Å². The summed E-state index contributed by atoms with van der Waals surface area (Å²) in [6, 6.07) is 12.0. The van der Waals surface area contributed by atoms with Gasteiger partial charge in [-0.3, -0.25) is 4.79 Å². The van der Waals surface area contributed by atoms with Crippen LogP contribution in [-0.4, -0.2) is 29.6 Å². The summed E-state index contributed by atoms with van der Waals surface area (Å²) in [5.41, 5.74) is 3.11. The number of benzene rings is 2. The maximum absolute atomic E-state index is 10.7. The topological polar surface area (TPSA) is 58.6 Å². The van der Waals surface area contributed by atoms with Crippen molar-refractivity contribution in [2.24, 2.45) is 0 Å². The second-order valence-electron chi connectivity index (χ2n) is 5.69. The first kappa shape index (κ1) is 21.1. The zero-order valence-electron chi connectivity index (χ0n) is 14.4. The first-order valence-electron chi connectivity index (χ1n) is 8.14. The fourth-order valence-electron chi connectivity index (χ4n) is 2.37. The third-order valence-corrected chi connectivity index (χ3v) is 5.42. The lowest BCUT2D eigenvalue weighted by Crippen LogP contribution is -2.04. The van der Waals surface area contributed by atoms with Gasteiger partial charge in [0, 0.05) is 24.4 Å². The van der Waals surface area contributed by atoms with E-state index in [0.717, 1.165) is 38.1 Å². The Balaban J connectivity index is 2.00. The van der Waals surface area contributed by atoms with E-state index in [1.165, 1.54) is 0 Å². The molecule has 0 radical (unpaired) electrons. The van der Waals surface area contributed by atoms with Crippen molar-refractivity contribution in [3.8, 4) is 5.75 Å². The molecule has 0 aliphatic carbocycles. The molecule has 0 spiro atoms. The van der Waals surface area contributed by atoms with E-state index >= 15 is 0 Å². The summed E-state index contributed by atoms with van der Waals surface area (Å²) in [5.74, 6) is 0.975. The van der Waals surface area contributed by atoms with Gasteiger partial charge in [0.1, 0.15) is 12.4 Å². The lowest BCUT2D eigenvalue weighted by Gasteiger charge is -2.13. The van der Waals surface area contributed by atoms with E-state index in [2.05, 4.69) is 49.5 Å². The molecule has 0 aliphatic rings. The largest absolute Gasteiger partial charge is 0.487 e. The molecule has 4 nitrogen and oxygen atoms in total. The first-order chi connectivity index (χ1) is 12.5. The number of ether oxygens (including phenoxy) is 1. The predicted molar refractivity (Wildman–Crippen MR) is 115 cm³/mol. The van der Waals surface area contributed by atoms with Crippen LogP contribution in [0.2, 0.25) is 0 Å². The monoisotopic (exact) mass is 501 g/mol. The number of aliphatic carboxylic acids is 1. The van der Waals surface area contributed by atoms with Gasteiger partial charge in [0.15, 0.2) is 0 Å². The highest BCUT2D eigenvalue weighted by atomic mass is 79.9. The van der Waals surface area contributed by atoms with Crippen LogP contribution in [0.3, 0.4) is 0 Å². The van der Waals surface area contributed by atoms with Crippen LogP contribution in [0.4, 0.5) is 5.69 Å². The van der Waals surface area contributed by atoms with Crippen LogP contribution in [0.15, 0.2) is 45.3 Å². The minimum atomic E-state index is -0.802. The Morgan fingerprint density at radius 3 is 2.58 bits per heavy atom. The molecule has 0 aliphatic heterocycles. The molecule has 0 atom stereocenters. The zero-order chi connectivity index (χ0) is 18.9. The van der Waals surface area contributed by atoms with E-state index in [1.54, 1.807) is 0 Å². The number of aryl methyl sites for hydroxylation is 1. The van der Waals surface area contributed by atoms with Gasteiger partial charge in [-0.05, 0) is 79.9 Å². The van der Waals surface area contributed by atoms with Crippen molar-refractivity contribution in [1.82, 2.24) is 0 Å². The number of halogens is 2. The van der Waals surface area contributed by atoms with E-state index in [9.17, 15) is 4.79 Å². The third-order valence-electron chi connectivity index (χ3n) is 3.63. The van der Waals surface area contributed by atoms with Crippen molar-refractivity contribution in [3.05, 3.63) is 56.5 Å². The molecular weight excluding hydrogens is 482 g/mol. The Kier molecular flexibility index (Phi) is 8.81. The summed E-state index contributed by atoms with van der Waals surface area (Å²) in [5, 5.41) is 12.2. The molecule has 0 saturated heterocycles. The van der Waals surface area contributed by atoms with Gasteiger partial charge >= 0.3 is 5.97 Å². The highest BCUT2D eigenvalue weighted by molar-refractivity contribution is 9.11. The quantitative estimate of drug-likeness (QED) is 0.415. The molecule has 26 heavy (non-hydrogen) atoms. The molecule has 0 bridgehead atoms. The van der Waals surface area contributed by atoms with Crippen LogP contribution in [0.1, 0.15) is 17.5 Å². The van der Waals surface area contributed by atoms with E-state index < -0.39 is 5.97 Å². The molecule has 0 fully saturated rings. The zero-order valence-corrected chi connectivity index (χ0v) is 18.4. The normalized spacial score (nSPS) is 10.6. The summed E-state index contributed by atoms with van der Waals surface area (Å²) in [7, 11) is 0. The number of carboxylic acids is 1. The van der Waals surface area contributed by atoms with Crippen molar-refractivity contribution in [2.75, 3.05) is 23.9 Å². The molecule has 0 unspecified atom stereocenters. The van der Waals surface area contributed by atoms with Crippen LogP contribution in [0, 0.1) is 0 Å². The second-order valence-corrected chi connectivity index (χ2v) is 8.39. The number of nitrogens with one attached hydrogen (secondary N) is 1. The first-order valence-corrected chi connectivity index (χ1v) is 11.1. The van der Waals surface area contributed by atoms with Gasteiger partial charge in [0.25, 0.3) is 0 Å². The fourth-order valence-corrected chi connectivity index (χ4v) is 4.19. The summed E-state index contributed by atoms with van der Waals surface area (Å²) in [6.45, 7) is 1.38. The smallest absolute Gasteiger partial charge is 0.303 e. The minimum absolute atomic E-state index is 0.107. The molecule has 0 amide bonds. The van der Waals surface area contributed by atoms with Crippen molar-refractivity contribution >= 4 is 55.3 Å². The van der Waals surface area contributed by atoms with E-state index in [4.69, 9.17) is 9.84 Å². The van der Waals surface area contributed by atoms with E-state index in [0.29, 0.717) is 18.8 Å². The molecular formula is C19H21Br2NO3S. The van der Waals surface area contributed by atoms with Gasteiger partial charge in [-0.15, -0.1) is 0 Å². The summed E-state index contributed by atoms with van der Waals surface area (Å²) >= 11 is 8.85. The molecule has 2 rings (SSSR count). The molecule has 2 N–H and O–H groups in total. The Labute approximate surface area is 175 Å². The van der Waals surface area contributed by atoms with Gasteiger partial charge < -0.3 is 15.2 Å². The number of rotatable bonds is 10. The van der Waals surface area contributed by atoms with Crippen LogP contribution in [-0.2, 0) is 17.8 Å². The Hall–Kier alpha value is -1.18. The van der Waals surface area contributed by atoms with Crippen LogP contribution in [0.25, 0.3) is 0 Å². The van der Waals surface area contributed by atoms with Gasteiger partial charge in [-0.2, -0.15) is 11.8 Å².